The molecule has 0 atom stereocenters. The summed E-state index contributed by atoms with van der Waals surface area (Å²) in [5.41, 5.74) is 2.72. The van der Waals surface area contributed by atoms with Crippen LogP contribution in [-0.4, -0.2) is 10.3 Å². The van der Waals surface area contributed by atoms with Crippen LogP contribution in [0.15, 0.2) is 30.6 Å². The van der Waals surface area contributed by atoms with Crippen LogP contribution in [0.25, 0.3) is 11.0 Å². The van der Waals surface area contributed by atoms with Crippen LogP contribution < -0.4 is 4.57 Å². The summed E-state index contributed by atoms with van der Waals surface area (Å²) < 4.78 is 4.76. The van der Waals surface area contributed by atoms with Gasteiger partial charge < -0.3 is 0 Å². The van der Waals surface area contributed by atoms with Gasteiger partial charge in [-0.25, -0.2) is 9.13 Å². The number of imidazole rings is 1. The van der Waals surface area contributed by atoms with Gasteiger partial charge in [0.1, 0.15) is 5.88 Å². The first kappa shape index (κ1) is 24.3. The number of unbranched alkanes of at least 4 members (excludes halogenated alkanes) is 13. The molecule has 0 aliphatic carbocycles. The minimum absolute atomic E-state index is 1.04. The minimum atomic E-state index is 1.04. The molecule has 0 amide bonds. The highest BCUT2D eigenvalue weighted by Crippen LogP contribution is 2.15. The Balaban J connectivity index is 1.41. The molecular formula is C26H45N2S+. The van der Waals surface area contributed by atoms with Gasteiger partial charge in [0.2, 0.25) is 6.33 Å². The molecule has 1 aromatic heterocycles. The smallest absolute Gasteiger partial charge is 0.230 e. The van der Waals surface area contributed by atoms with Gasteiger partial charge in [0, 0.05) is 0 Å². The summed E-state index contributed by atoms with van der Waals surface area (Å²) in [6, 6.07) is 8.76. The van der Waals surface area contributed by atoms with Gasteiger partial charge in [-0.05, 0) is 31.2 Å². The minimum Gasteiger partial charge on any atom is -0.230 e. The number of thioether (sulfide) groups is 1. The number of hydrogen-bond donors (Lipinski definition) is 0. The van der Waals surface area contributed by atoms with E-state index in [4.69, 9.17) is 0 Å². The summed E-state index contributed by atoms with van der Waals surface area (Å²) in [6.45, 7) is 5.56. The molecule has 1 aromatic carbocycles. The molecule has 0 radical (unpaired) electrons. The lowest BCUT2D eigenvalue weighted by Crippen LogP contribution is -2.30. The molecule has 1 heterocycles. The van der Waals surface area contributed by atoms with Gasteiger partial charge in [-0.15, -0.1) is 11.8 Å². The molecule has 2 nitrogen and oxygen atoms in total. The molecule has 2 rings (SSSR count). The van der Waals surface area contributed by atoms with Gasteiger partial charge >= 0.3 is 0 Å². The Kier molecular flexibility index (Phi) is 13.3. The summed E-state index contributed by atoms with van der Waals surface area (Å²) in [5.74, 6) is 2.36. The predicted octanol–water partition coefficient (Wildman–Crippen LogP) is 8.12. The number of aromatic nitrogens is 2. The van der Waals surface area contributed by atoms with Crippen molar-refractivity contribution < 1.29 is 4.57 Å². The van der Waals surface area contributed by atoms with Crippen LogP contribution in [0.1, 0.15) is 104 Å². The quantitative estimate of drug-likeness (QED) is 0.176. The highest BCUT2D eigenvalue weighted by Gasteiger charge is 2.13. The lowest BCUT2D eigenvalue weighted by Gasteiger charge is -2.03. The summed E-state index contributed by atoms with van der Waals surface area (Å²) in [4.78, 5) is 0. The summed E-state index contributed by atoms with van der Waals surface area (Å²) in [6.07, 6.45) is 22.4. The van der Waals surface area contributed by atoms with E-state index in [9.17, 15) is 0 Å². The van der Waals surface area contributed by atoms with E-state index in [0.29, 0.717) is 0 Å². The molecule has 2 aromatic rings. The number of nitrogens with zero attached hydrogens (tertiary/aromatic N) is 2. The first-order valence-corrected chi connectivity index (χ1v) is 13.6. The molecule has 164 valence electrons. The Morgan fingerprint density at radius 1 is 0.724 bits per heavy atom. The molecule has 0 N–H and O–H groups in total. The fourth-order valence-electron chi connectivity index (χ4n) is 4.16. The molecule has 0 fully saturated rings. The Morgan fingerprint density at radius 3 is 1.86 bits per heavy atom. The van der Waals surface area contributed by atoms with E-state index in [1.165, 1.54) is 107 Å². The Morgan fingerprint density at radius 2 is 1.28 bits per heavy atom. The van der Waals surface area contributed by atoms with Crippen molar-refractivity contribution in [2.75, 3.05) is 5.75 Å². The normalized spacial score (nSPS) is 11.5. The first-order chi connectivity index (χ1) is 14.4. The van der Waals surface area contributed by atoms with Gasteiger partial charge in [-0.2, -0.15) is 0 Å². The topological polar surface area (TPSA) is 8.81 Å². The highest BCUT2D eigenvalue weighted by atomic mass is 32.2. The second kappa shape index (κ2) is 15.8. The average Bonchev–Trinajstić information content (AvgIpc) is 3.11. The van der Waals surface area contributed by atoms with Crippen molar-refractivity contribution >= 4 is 22.8 Å². The van der Waals surface area contributed by atoms with Crippen LogP contribution in [0.2, 0.25) is 0 Å². The van der Waals surface area contributed by atoms with Crippen LogP contribution in [0.3, 0.4) is 0 Å². The van der Waals surface area contributed by atoms with E-state index in [1.807, 2.05) is 0 Å². The zero-order valence-electron chi connectivity index (χ0n) is 19.2. The average molecular weight is 418 g/mol. The van der Waals surface area contributed by atoms with Gasteiger partial charge in [0.05, 0.1) is 6.54 Å². The van der Waals surface area contributed by atoms with Gasteiger partial charge in [-0.1, -0.05) is 103 Å². The number of para-hydroxylation sites is 2. The van der Waals surface area contributed by atoms with Crippen LogP contribution in [0, 0.1) is 0 Å². The summed E-state index contributed by atoms with van der Waals surface area (Å²) in [5, 5.41) is 0. The van der Waals surface area contributed by atoms with Crippen molar-refractivity contribution in [3.8, 4) is 0 Å². The SMILES string of the molecule is CCCCCCCCCCCCCCCCSC[n+]1cn(CC)c2ccccc21. The van der Waals surface area contributed by atoms with Gasteiger partial charge in [0.15, 0.2) is 11.0 Å². The maximum absolute atomic E-state index is 2.41. The second-order valence-electron chi connectivity index (χ2n) is 8.49. The van der Waals surface area contributed by atoms with Crippen molar-refractivity contribution in [1.82, 2.24) is 4.57 Å². The van der Waals surface area contributed by atoms with Crippen LogP contribution in [0.5, 0.6) is 0 Å². The zero-order chi connectivity index (χ0) is 20.6. The molecule has 29 heavy (non-hydrogen) atoms. The van der Waals surface area contributed by atoms with E-state index in [2.05, 4.69) is 65.3 Å². The summed E-state index contributed by atoms with van der Waals surface area (Å²) >= 11 is 2.08. The fourth-order valence-corrected chi connectivity index (χ4v) is 5.10. The second-order valence-corrected chi connectivity index (χ2v) is 9.57. The largest absolute Gasteiger partial charge is 0.245 e. The standard InChI is InChI=1S/C26H45N2S/c1-3-5-6-7-8-9-10-11-12-13-14-15-16-19-22-29-24-28-23-27(4-2)25-20-17-18-21-26(25)28/h17-18,20-21,23H,3-16,19,22,24H2,1-2H3/q+1. The van der Waals surface area contributed by atoms with E-state index < -0.39 is 0 Å². The lowest BCUT2D eigenvalue weighted by atomic mass is 10.0. The van der Waals surface area contributed by atoms with E-state index in [0.717, 1.165) is 12.4 Å². The van der Waals surface area contributed by atoms with Crippen LogP contribution >= 0.6 is 11.8 Å². The van der Waals surface area contributed by atoms with Crippen LogP contribution in [-0.2, 0) is 12.4 Å². The van der Waals surface area contributed by atoms with Crippen molar-refractivity contribution in [3.05, 3.63) is 30.6 Å². The zero-order valence-corrected chi connectivity index (χ0v) is 20.0. The number of hydrogen-bond acceptors (Lipinski definition) is 1. The molecule has 0 spiro atoms. The number of fused-ring (bicyclic) bond motifs is 1. The fraction of sp³-hybridized carbons (Fsp3) is 0.731. The molecule has 0 aliphatic heterocycles. The molecule has 0 saturated heterocycles. The molecule has 0 unspecified atom stereocenters. The van der Waals surface area contributed by atoms with E-state index in [1.54, 1.807) is 0 Å². The van der Waals surface area contributed by atoms with E-state index in [-0.39, 0.29) is 0 Å². The number of benzene rings is 1. The molecule has 0 saturated carbocycles. The van der Waals surface area contributed by atoms with Gasteiger partial charge in [0.25, 0.3) is 0 Å². The Hall–Kier alpha value is -0.960. The first-order valence-electron chi connectivity index (χ1n) is 12.4. The van der Waals surface area contributed by atoms with Gasteiger partial charge in [-0.3, -0.25) is 0 Å². The highest BCUT2D eigenvalue weighted by molar-refractivity contribution is 7.98. The lowest BCUT2D eigenvalue weighted by molar-refractivity contribution is -0.650. The van der Waals surface area contributed by atoms with Crippen molar-refractivity contribution in [2.24, 2.45) is 0 Å². The van der Waals surface area contributed by atoms with Crippen molar-refractivity contribution in [1.29, 1.82) is 0 Å². The molecule has 0 bridgehead atoms. The molecular weight excluding hydrogens is 372 g/mol. The van der Waals surface area contributed by atoms with Crippen molar-refractivity contribution in [3.63, 3.8) is 0 Å². The van der Waals surface area contributed by atoms with E-state index >= 15 is 0 Å². The molecule has 0 aliphatic rings. The maximum Gasteiger partial charge on any atom is 0.245 e. The Bertz CT molecular complexity index is 649. The third kappa shape index (κ3) is 9.59. The monoisotopic (exact) mass is 417 g/mol. The maximum atomic E-state index is 2.41. The van der Waals surface area contributed by atoms with Crippen LogP contribution in [0.4, 0.5) is 0 Å². The third-order valence-corrected chi connectivity index (χ3v) is 7.03. The number of rotatable bonds is 18. The number of aryl methyl sites for hydroxylation is 1. The Labute approximate surface area is 184 Å². The summed E-state index contributed by atoms with van der Waals surface area (Å²) in [7, 11) is 0. The third-order valence-electron chi connectivity index (χ3n) is 5.99. The predicted molar refractivity (Wildman–Crippen MR) is 131 cm³/mol. The molecule has 3 heteroatoms. The van der Waals surface area contributed by atoms with Crippen molar-refractivity contribution in [2.45, 2.75) is 116 Å².